The molecule has 0 bridgehead atoms. The molecule has 0 fully saturated rings. The second-order valence-corrected chi connectivity index (χ2v) is 6.24. The van der Waals surface area contributed by atoms with Gasteiger partial charge in [0.25, 0.3) is 5.91 Å². The number of benzene rings is 3. The number of carbonyl (C=O) groups excluding carboxylic acids is 2. The molecule has 0 aromatic heterocycles. The van der Waals surface area contributed by atoms with Gasteiger partial charge in [-0.05, 0) is 43.3 Å². The summed E-state index contributed by atoms with van der Waals surface area (Å²) < 4.78 is 5.52. The Bertz CT molecular complexity index is 1000. The molecule has 0 heterocycles. The number of rotatable bonds is 5. The van der Waals surface area contributed by atoms with Gasteiger partial charge >= 0.3 is 5.97 Å². The van der Waals surface area contributed by atoms with Crippen molar-refractivity contribution in [3.05, 3.63) is 101 Å². The lowest BCUT2D eigenvalue weighted by atomic mass is 10.1. The van der Waals surface area contributed by atoms with E-state index in [-0.39, 0.29) is 5.56 Å². The predicted molar refractivity (Wildman–Crippen MR) is 106 cm³/mol. The van der Waals surface area contributed by atoms with E-state index < -0.39 is 18.0 Å². The molecule has 1 amide bonds. The first-order valence-corrected chi connectivity index (χ1v) is 8.70. The molecule has 28 heavy (non-hydrogen) atoms. The molecule has 5 heteroatoms. The Morgan fingerprint density at radius 3 is 2.18 bits per heavy atom. The van der Waals surface area contributed by atoms with Gasteiger partial charge in [0.2, 0.25) is 6.10 Å². The fourth-order valence-corrected chi connectivity index (χ4v) is 2.60. The van der Waals surface area contributed by atoms with E-state index in [9.17, 15) is 9.59 Å². The molecule has 0 saturated carbocycles. The maximum Gasteiger partial charge on any atom is 0.339 e. The maximum atomic E-state index is 12.8. The summed E-state index contributed by atoms with van der Waals surface area (Å²) in [6.07, 6.45) is -1.11. The lowest BCUT2D eigenvalue weighted by Gasteiger charge is -2.18. The molecular formula is C23H18N2O3. The minimum absolute atomic E-state index is 0.267. The number of hydrogen-bond donors (Lipinski definition) is 1. The standard InChI is InChI=1S/C23H18N2O3/c1-16-7-13-20(14-8-16)25-22(26)21(18-5-3-2-4-6-18)28-23(27)19-11-9-17(15-24)10-12-19/h2-14,21H,1H3,(H,25,26)/t21-/m0/s1. The van der Waals surface area contributed by atoms with Gasteiger partial charge in [-0.3, -0.25) is 4.79 Å². The monoisotopic (exact) mass is 370 g/mol. The largest absolute Gasteiger partial charge is 0.444 e. The molecule has 0 radical (unpaired) electrons. The zero-order chi connectivity index (χ0) is 19.9. The molecule has 138 valence electrons. The van der Waals surface area contributed by atoms with Crippen molar-refractivity contribution in [2.24, 2.45) is 0 Å². The van der Waals surface area contributed by atoms with Crippen LogP contribution in [0.15, 0.2) is 78.9 Å². The molecule has 3 rings (SSSR count). The van der Waals surface area contributed by atoms with Gasteiger partial charge in [-0.1, -0.05) is 48.0 Å². The van der Waals surface area contributed by atoms with Crippen molar-refractivity contribution in [3.63, 3.8) is 0 Å². The summed E-state index contributed by atoms with van der Waals surface area (Å²) in [5.74, 6) is -1.09. The summed E-state index contributed by atoms with van der Waals surface area (Å²) in [7, 11) is 0. The van der Waals surface area contributed by atoms with Gasteiger partial charge in [-0.15, -0.1) is 0 Å². The van der Waals surface area contributed by atoms with Crippen LogP contribution in [-0.2, 0) is 9.53 Å². The molecule has 3 aromatic carbocycles. The van der Waals surface area contributed by atoms with Gasteiger partial charge in [0, 0.05) is 11.3 Å². The van der Waals surface area contributed by atoms with E-state index in [1.165, 1.54) is 24.3 Å². The number of aryl methyl sites for hydroxylation is 1. The third-order valence-electron chi connectivity index (χ3n) is 4.13. The van der Waals surface area contributed by atoms with Crippen LogP contribution in [0, 0.1) is 18.3 Å². The molecule has 0 spiro atoms. The highest BCUT2D eigenvalue weighted by molar-refractivity contribution is 5.98. The van der Waals surface area contributed by atoms with Crippen LogP contribution in [0.5, 0.6) is 0 Å². The zero-order valence-electron chi connectivity index (χ0n) is 15.3. The van der Waals surface area contributed by atoms with Crippen LogP contribution in [0.3, 0.4) is 0 Å². The Morgan fingerprint density at radius 1 is 0.929 bits per heavy atom. The van der Waals surface area contributed by atoms with Gasteiger partial charge in [-0.2, -0.15) is 5.26 Å². The molecule has 0 aliphatic heterocycles. The normalized spacial score (nSPS) is 11.1. The summed E-state index contributed by atoms with van der Waals surface area (Å²) in [6.45, 7) is 1.96. The number of carbonyl (C=O) groups is 2. The molecule has 0 unspecified atom stereocenters. The van der Waals surface area contributed by atoms with Crippen LogP contribution in [0.2, 0.25) is 0 Å². The van der Waals surface area contributed by atoms with Gasteiger partial charge in [0.1, 0.15) is 0 Å². The number of ether oxygens (including phenoxy) is 1. The van der Waals surface area contributed by atoms with Crippen molar-refractivity contribution in [2.45, 2.75) is 13.0 Å². The number of nitriles is 1. The number of hydrogen-bond acceptors (Lipinski definition) is 4. The fourth-order valence-electron chi connectivity index (χ4n) is 2.60. The minimum atomic E-state index is -1.11. The number of nitrogens with zero attached hydrogens (tertiary/aromatic N) is 1. The Labute approximate surface area is 163 Å². The van der Waals surface area contributed by atoms with Crippen molar-refractivity contribution in [3.8, 4) is 6.07 Å². The number of amides is 1. The Hall–Kier alpha value is -3.91. The first-order valence-electron chi connectivity index (χ1n) is 8.70. The van der Waals surface area contributed by atoms with Crippen LogP contribution in [-0.4, -0.2) is 11.9 Å². The molecule has 1 N–H and O–H groups in total. The number of esters is 1. The molecule has 3 aromatic rings. The molecule has 5 nitrogen and oxygen atoms in total. The number of nitrogens with one attached hydrogen (secondary N) is 1. The maximum absolute atomic E-state index is 12.8. The summed E-state index contributed by atoms with van der Waals surface area (Å²) >= 11 is 0. The first-order chi connectivity index (χ1) is 13.6. The van der Waals surface area contributed by atoms with Crippen molar-refractivity contribution < 1.29 is 14.3 Å². The van der Waals surface area contributed by atoms with Crippen LogP contribution >= 0.6 is 0 Å². The number of anilines is 1. The topological polar surface area (TPSA) is 79.2 Å². The highest BCUT2D eigenvalue weighted by Gasteiger charge is 2.25. The molecular weight excluding hydrogens is 352 g/mol. The first kappa shape index (κ1) is 18.9. The van der Waals surface area contributed by atoms with Crippen LogP contribution in [0.1, 0.15) is 33.2 Å². The predicted octanol–water partition coefficient (Wildman–Crippen LogP) is 4.40. The smallest absolute Gasteiger partial charge is 0.339 e. The van der Waals surface area contributed by atoms with E-state index in [4.69, 9.17) is 10.00 Å². The third-order valence-corrected chi connectivity index (χ3v) is 4.13. The Kier molecular flexibility index (Phi) is 5.83. The van der Waals surface area contributed by atoms with Gasteiger partial charge in [0.05, 0.1) is 17.2 Å². The minimum Gasteiger partial charge on any atom is -0.444 e. The summed E-state index contributed by atoms with van der Waals surface area (Å²) in [5.41, 5.74) is 2.96. The summed E-state index contributed by atoms with van der Waals surface area (Å²) in [6, 6.07) is 24.2. The van der Waals surface area contributed by atoms with E-state index in [1.54, 1.807) is 36.4 Å². The molecule has 0 aliphatic carbocycles. The van der Waals surface area contributed by atoms with E-state index in [0.717, 1.165) is 5.56 Å². The lowest BCUT2D eigenvalue weighted by Crippen LogP contribution is -2.26. The average molecular weight is 370 g/mol. The van der Waals surface area contributed by atoms with Crippen molar-refractivity contribution in [1.82, 2.24) is 0 Å². The van der Waals surface area contributed by atoms with Crippen molar-refractivity contribution in [2.75, 3.05) is 5.32 Å². The van der Waals surface area contributed by atoms with Gasteiger partial charge in [0.15, 0.2) is 0 Å². The SMILES string of the molecule is Cc1ccc(NC(=O)[C@@H](OC(=O)c2ccc(C#N)cc2)c2ccccc2)cc1. The highest BCUT2D eigenvalue weighted by atomic mass is 16.5. The van der Waals surface area contributed by atoms with Crippen LogP contribution in [0.25, 0.3) is 0 Å². The van der Waals surface area contributed by atoms with E-state index in [0.29, 0.717) is 16.8 Å². The summed E-state index contributed by atoms with van der Waals surface area (Å²) in [4.78, 5) is 25.4. The zero-order valence-corrected chi connectivity index (χ0v) is 15.3. The Balaban J connectivity index is 1.82. The van der Waals surface area contributed by atoms with E-state index in [1.807, 2.05) is 31.2 Å². The quantitative estimate of drug-likeness (QED) is 0.675. The van der Waals surface area contributed by atoms with E-state index in [2.05, 4.69) is 5.32 Å². The third kappa shape index (κ3) is 4.63. The second kappa shape index (κ2) is 8.65. The van der Waals surface area contributed by atoms with Gasteiger partial charge in [-0.25, -0.2) is 4.79 Å². The Morgan fingerprint density at radius 2 is 1.57 bits per heavy atom. The van der Waals surface area contributed by atoms with Gasteiger partial charge < -0.3 is 10.1 Å². The second-order valence-electron chi connectivity index (χ2n) is 6.24. The van der Waals surface area contributed by atoms with Crippen LogP contribution in [0.4, 0.5) is 5.69 Å². The molecule has 0 saturated heterocycles. The lowest BCUT2D eigenvalue weighted by molar-refractivity contribution is -0.125. The molecule has 0 aliphatic rings. The highest BCUT2D eigenvalue weighted by Crippen LogP contribution is 2.22. The fraction of sp³-hybridized carbons (Fsp3) is 0.0870. The van der Waals surface area contributed by atoms with E-state index >= 15 is 0 Å². The van der Waals surface area contributed by atoms with Crippen molar-refractivity contribution >= 4 is 17.6 Å². The van der Waals surface area contributed by atoms with Crippen molar-refractivity contribution in [1.29, 1.82) is 5.26 Å². The van der Waals surface area contributed by atoms with Crippen LogP contribution < -0.4 is 5.32 Å². The molecule has 1 atom stereocenters. The average Bonchev–Trinajstić information content (AvgIpc) is 2.74. The summed E-state index contributed by atoms with van der Waals surface area (Å²) in [5, 5.41) is 11.7.